The highest BCUT2D eigenvalue weighted by Gasteiger charge is 2.15. The third kappa shape index (κ3) is 4.45. The van der Waals surface area contributed by atoms with E-state index in [1.807, 2.05) is 25.1 Å². The summed E-state index contributed by atoms with van der Waals surface area (Å²) >= 11 is 6.18. The van der Waals surface area contributed by atoms with E-state index < -0.39 is 12.0 Å². The molecule has 2 amide bonds. The Morgan fingerprint density at radius 2 is 1.72 bits per heavy atom. The molecule has 9 heteroatoms. The van der Waals surface area contributed by atoms with Crippen LogP contribution in [0.15, 0.2) is 60.7 Å². The standard InChI is InChI=1S/C23H18ClN5O3/c1-12-2-8-16-18(10-12)27-22(25)29-20(16)17-9-5-14(24)11-19(17)28-23(32)26-15-6-3-13(4-7-15)21(30)31/h2-11H,1H3,(H,30,31)(H2,25,27,29)(H2,26,28,32). The van der Waals surface area contributed by atoms with Crippen molar-refractivity contribution in [3.05, 3.63) is 76.8 Å². The fourth-order valence-electron chi connectivity index (χ4n) is 3.27. The second kappa shape index (κ2) is 8.52. The molecule has 8 nitrogen and oxygen atoms in total. The third-order valence-corrected chi connectivity index (χ3v) is 4.98. The Kier molecular flexibility index (Phi) is 5.61. The van der Waals surface area contributed by atoms with Crippen LogP contribution in [0, 0.1) is 6.92 Å². The normalized spacial score (nSPS) is 10.7. The molecule has 1 aromatic heterocycles. The maximum absolute atomic E-state index is 12.6. The lowest BCUT2D eigenvalue weighted by Gasteiger charge is -2.14. The van der Waals surface area contributed by atoms with Crippen LogP contribution in [-0.2, 0) is 0 Å². The third-order valence-electron chi connectivity index (χ3n) is 4.74. The number of aromatic nitrogens is 2. The van der Waals surface area contributed by atoms with Gasteiger partial charge < -0.3 is 21.5 Å². The fourth-order valence-corrected chi connectivity index (χ4v) is 3.44. The Balaban J connectivity index is 1.68. The summed E-state index contributed by atoms with van der Waals surface area (Å²) in [4.78, 5) is 32.3. The van der Waals surface area contributed by atoms with Gasteiger partial charge in [-0.05, 0) is 61.0 Å². The number of nitrogen functional groups attached to an aromatic ring is 1. The van der Waals surface area contributed by atoms with Crippen molar-refractivity contribution in [2.75, 3.05) is 16.4 Å². The highest BCUT2D eigenvalue weighted by Crippen LogP contribution is 2.34. The number of urea groups is 1. The van der Waals surface area contributed by atoms with Gasteiger partial charge in [-0.25, -0.2) is 19.6 Å². The molecule has 0 fully saturated rings. The molecule has 0 saturated carbocycles. The zero-order valence-electron chi connectivity index (χ0n) is 16.9. The molecule has 0 aliphatic rings. The molecule has 0 aliphatic heterocycles. The number of aryl methyl sites for hydroxylation is 1. The van der Waals surface area contributed by atoms with Crippen molar-refractivity contribution in [1.29, 1.82) is 0 Å². The summed E-state index contributed by atoms with van der Waals surface area (Å²) in [5, 5.41) is 15.6. The Morgan fingerprint density at radius 1 is 0.969 bits per heavy atom. The lowest BCUT2D eigenvalue weighted by atomic mass is 10.0. The van der Waals surface area contributed by atoms with E-state index in [1.165, 1.54) is 24.3 Å². The zero-order valence-corrected chi connectivity index (χ0v) is 17.6. The van der Waals surface area contributed by atoms with Crippen LogP contribution in [0.3, 0.4) is 0 Å². The molecule has 0 aliphatic carbocycles. The summed E-state index contributed by atoms with van der Waals surface area (Å²) < 4.78 is 0. The molecule has 0 atom stereocenters. The molecule has 32 heavy (non-hydrogen) atoms. The molecular formula is C23H18ClN5O3. The minimum absolute atomic E-state index is 0.113. The molecule has 160 valence electrons. The van der Waals surface area contributed by atoms with Gasteiger partial charge >= 0.3 is 12.0 Å². The first-order chi connectivity index (χ1) is 15.3. The van der Waals surface area contributed by atoms with Gasteiger partial charge in [-0.1, -0.05) is 23.7 Å². The molecule has 0 saturated heterocycles. The van der Waals surface area contributed by atoms with Crippen LogP contribution in [0.5, 0.6) is 0 Å². The van der Waals surface area contributed by atoms with Crippen LogP contribution in [0.25, 0.3) is 22.2 Å². The Labute approximate surface area is 188 Å². The number of carboxylic acid groups (broad SMARTS) is 1. The molecule has 5 N–H and O–H groups in total. The van der Waals surface area contributed by atoms with Gasteiger partial charge in [0.05, 0.1) is 22.5 Å². The van der Waals surface area contributed by atoms with Crippen molar-refractivity contribution in [3.8, 4) is 11.3 Å². The minimum atomic E-state index is -1.05. The van der Waals surface area contributed by atoms with Crippen LogP contribution in [0.4, 0.5) is 22.1 Å². The Morgan fingerprint density at radius 3 is 2.44 bits per heavy atom. The molecule has 0 bridgehead atoms. The predicted molar refractivity (Wildman–Crippen MR) is 125 cm³/mol. The van der Waals surface area contributed by atoms with Crippen molar-refractivity contribution in [2.24, 2.45) is 0 Å². The number of carboxylic acids is 1. The molecular weight excluding hydrogens is 430 g/mol. The van der Waals surface area contributed by atoms with Crippen molar-refractivity contribution in [3.63, 3.8) is 0 Å². The monoisotopic (exact) mass is 447 g/mol. The molecule has 0 spiro atoms. The first-order valence-electron chi connectivity index (χ1n) is 9.55. The van der Waals surface area contributed by atoms with Gasteiger partial charge in [-0.15, -0.1) is 0 Å². The van der Waals surface area contributed by atoms with Gasteiger partial charge in [-0.2, -0.15) is 0 Å². The number of nitrogens with one attached hydrogen (secondary N) is 2. The molecule has 4 aromatic rings. The van der Waals surface area contributed by atoms with Crippen molar-refractivity contribution < 1.29 is 14.7 Å². The summed E-state index contributed by atoms with van der Waals surface area (Å²) in [6.07, 6.45) is 0. The van der Waals surface area contributed by atoms with E-state index in [9.17, 15) is 9.59 Å². The van der Waals surface area contributed by atoms with Gasteiger partial charge in [-0.3, -0.25) is 0 Å². The topological polar surface area (TPSA) is 130 Å². The number of hydrogen-bond acceptors (Lipinski definition) is 5. The average molecular weight is 448 g/mol. The molecule has 0 unspecified atom stereocenters. The smallest absolute Gasteiger partial charge is 0.335 e. The second-order valence-corrected chi connectivity index (χ2v) is 7.54. The molecule has 0 radical (unpaired) electrons. The number of fused-ring (bicyclic) bond motifs is 1. The summed E-state index contributed by atoms with van der Waals surface area (Å²) in [6, 6.07) is 16.1. The number of aromatic carboxylic acids is 1. The van der Waals surface area contributed by atoms with Gasteiger partial charge in [0.2, 0.25) is 5.95 Å². The number of carbonyl (C=O) groups is 2. The summed E-state index contributed by atoms with van der Waals surface area (Å²) in [6.45, 7) is 1.96. The number of hydrogen-bond donors (Lipinski definition) is 4. The predicted octanol–water partition coefficient (Wildman–Crippen LogP) is 5.18. The van der Waals surface area contributed by atoms with Crippen LogP contribution in [0.2, 0.25) is 5.02 Å². The van der Waals surface area contributed by atoms with Gasteiger partial charge in [0.25, 0.3) is 0 Å². The Bertz CT molecular complexity index is 1350. The van der Waals surface area contributed by atoms with E-state index in [-0.39, 0.29) is 11.5 Å². The van der Waals surface area contributed by atoms with E-state index in [2.05, 4.69) is 20.6 Å². The maximum atomic E-state index is 12.6. The zero-order chi connectivity index (χ0) is 22.8. The highest BCUT2D eigenvalue weighted by molar-refractivity contribution is 6.31. The number of rotatable bonds is 4. The number of benzene rings is 3. The quantitative estimate of drug-likeness (QED) is 0.341. The lowest BCUT2D eigenvalue weighted by molar-refractivity contribution is 0.0697. The SMILES string of the molecule is Cc1ccc2c(-c3ccc(Cl)cc3NC(=O)Nc3ccc(C(=O)O)cc3)nc(N)nc2c1. The highest BCUT2D eigenvalue weighted by atomic mass is 35.5. The lowest BCUT2D eigenvalue weighted by Crippen LogP contribution is -2.20. The molecule has 3 aromatic carbocycles. The van der Waals surface area contributed by atoms with Gasteiger partial charge in [0.15, 0.2) is 0 Å². The first kappa shape index (κ1) is 21.1. The van der Waals surface area contributed by atoms with Crippen LogP contribution < -0.4 is 16.4 Å². The summed E-state index contributed by atoms with van der Waals surface area (Å²) in [5.74, 6) is -0.932. The van der Waals surface area contributed by atoms with Gasteiger partial charge in [0, 0.05) is 21.7 Å². The second-order valence-electron chi connectivity index (χ2n) is 7.10. The fraction of sp³-hybridized carbons (Fsp3) is 0.0435. The summed E-state index contributed by atoms with van der Waals surface area (Å²) in [7, 11) is 0. The van der Waals surface area contributed by atoms with E-state index in [1.54, 1.807) is 18.2 Å². The maximum Gasteiger partial charge on any atom is 0.335 e. The largest absolute Gasteiger partial charge is 0.478 e. The van der Waals surface area contributed by atoms with Crippen molar-refractivity contribution >= 4 is 51.8 Å². The van der Waals surface area contributed by atoms with Crippen molar-refractivity contribution in [2.45, 2.75) is 6.92 Å². The van der Waals surface area contributed by atoms with Crippen LogP contribution in [0.1, 0.15) is 15.9 Å². The van der Waals surface area contributed by atoms with Gasteiger partial charge in [0.1, 0.15) is 0 Å². The Hall–Kier alpha value is -4.17. The minimum Gasteiger partial charge on any atom is -0.478 e. The number of amides is 2. The number of carbonyl (C=O) groups excluding carboxylic acids is 1. The average Bonchev–Trinajstić information content (AvgIpc) is 2.73. The first-order valence-corrected chi connectivity index (χ1v) is 9.93. The number of nitrogens with two attached hydrogens (primary N) is 1. The van der Waals surface area contributed by atoms with E-state index in [4.69, 9.17) is 22.4 Å². The van der Waals surface area contributed by atoms with E-state index in [0.717, 1.165) is 10.9 Å². The van der Waals surface area contributed by atoms with E-state index in [0.29, 0.717) is 33.2 Å². The van der Waals surface area contributed by atoms with Crippen molar-refractivity contribution in [1.82, 2.24) is 9.97 Å². The number of nitrogens with zero attached hydrogens (tertiary/aromatic N) is 2. The number of halogens is 1. The summed E-state index contributed by atoms with van der Waals surface area (Å²) in [5.41, 5.74) is 9.82. The number of anilines is 3. The molecule has 4 rings (SSSR count). The van der Waals surface area contributed by atoms with Crippen LogP contribution >= 0.6 is 11.6 Å². The van der Waals surface area contributed by atoms with E-state index >= 15 is 0 Å². The molecule has 1 heterocycles. The van der Waals surface area contributed by atoms with Crippen LogP contribution in [-0.4, -0.2) is 27.1 Å².